The van der Waals surface area contributed by atoms with E-state index < -0.39 is 0 Å². The van der Waals surface area contributed by atoms with E-state index in [0.29, 0.717) is 28.1 Å². The summed E-state index contributed by atoms with van der Waals surface area (Å²) in [5.41, 5.74) is 1.77. The molecule has 20 heavy (non-hydrogen) atoms. The highest BCUT2D eigenvalue weighted by Gasteiger charge is 2.07. The first-order chi connectivity index (χ1) is 9.65. The first-order valence-electron chi connectivity index (χ1n) is 6.04. The number of hydrogen-bond donors (Lipinski definition) is 1. The molecule has 2 rings (SSSR count). The molecule has 0 amide bonds. The van der Waals surface area contributed by atoms with E-state index in [2.05, 4.69) is 5.32 Å². The zero-order chi connectivity index (χ0) is 14.5. The molecular formula is C15H15Cl2NO2. The molecule has 0 unspecified atom stereocenters. The lowest BCUT2D eigenvalue weighted by Gasteiger charge is -2.12. The van der Waals surface area contributed by atoms with Gasteiger partial charge in [0.15, 0.2) is 11.5 Å². The summed E-state index contributed by atoms with van der Waals surface area (Å²) in [6.45, 7) is 0.536. The molecule has 0 radical (unpaired) electrons. The van der Waals surface area contributed by atoms with Crippen molar-refractivity contribution in [1.82, 2.24) is 0 Å². The van der Waals surface area contributed by atoms with E-state index in [0.717, 1.165) is 11.3 Å². The predicted molar refractivity (Wildman–Crippen MR) is 83.3 cm³/mol. The lowest BCUT2D eigenvalue weighted by atomic mass is 10.2. The largest absolute Gasteiger partial charge is 0.493 e. The Morgan fingerprint density at radius 3 is 2.20 bits per heavy atom. The summed E-state index contributed by atoms with van der Waals surface area (Å²) in [6, 6.07) is 11.1. The molecule has 1 N–H and O–H groups in total. The maximum absolute atomic E-state index is 6.13. The maximum Gasteiger partial charge on any atom is 0.162 e. The van der Waals surface area contributed by atoms with Gasteiger partial charge in [0.25, 0.3) is 0 Å². The number of hydrogen-bond acceptors (Lipinski definition) is 3. The Hall–Kier alpha value is -1.58. The molecule has 0 aliphatic heterocycles. The van der Waals surface area contributed by atoms with Crippen molar-refractivity contribution in [1.29, 1.82) is 0 Å². The molecular weight excluding hydrogens is 297 g/mol. The minimum Gasteiger partial charge on any atom is -0.493 e. The summed E-state index contributed by atoms with van der Waals surface area (Å²) in [5.74, 6) is 1.36. The van der Waals surface area contributed by atoms with Crippen LogP contribution in [0.4, 0.5) is 5.69 Å². The van der Waals surface area contributed by atoms with Gasteiger partial charge in [-0.3, -0.25) is 0 Å². The van der Waals surface area contributed by atoms with Crippen molar-refractivity contribution in [2.45, 2.75) is 6.54 Å². The van der Waals surface area contributed by atoms with E-state index in [1.54, 1.807) is 14.2 Å². The molecule has 0 aliphatic rings. The van der Waals surface area contributed by atoms with E-state index in [4.69, 9.17) is 32.7 Å². The summed E-state index contributed by atoms with van der Waals surface area (Å²) in [6.07, 6.45) is 0. The van der Waals surface area contributed by atoms with Crippen LogP contribution >= 0.6 is 23.2 Å². The molecule has 0 heterocycles. The van der Waals surface area contributed by atoms with Gasteiger partial charge < -0.3 is 14.8 Å². The topological polar surface area (TPSA) is 30.5 Å². The van der Waals surface area contributed by atoms with E-state index in [9.17, 15) is 0 Å². The summed E-state index contributed by atoms with van der Waals surface area (Å²) >= 11 is 12.3. The van der Waals surface area contributed by atoms with E-state index in [-0.39, 0.29) is 0 Å². The Kier molecular flexibility index (Phi) is 4.99. The lowest BCUT2D eigenvalue weighted by Crippen LogP contribution is -2.01. The molecule has 0 aromatic heterocycles. The van der Waals surface area contributed by atoms with Gasteiger partial charge in [-0.05, 0) is 24.3 Å². The third-order valence-corrected chi connectivity index (χ3v) is 3.62. The fraction of sp³-hybridized carbons (Fsp3) is 0.200. The molecule has 0 bridgehead atoms. The normalized spacial score (nSPS) is 10.2. The fourth-order valence-electron chi connectivity index (χ4n) is 1.84. The average Bonchev–Trinajstić information content (AvgIpc) is 2.46. The second-order valence-corrected chi connectivity index (χ2v) is 4.94. The van der Waals surface area contributed by atoms with Gasteiger partial charge in [-0.25, -0.2) is 0 Å². The molecule has 5 heteroatoms. The summed E-state index contributed by atoms with van der Waals surface area (Å²) < 4.78 is 10.5. The third kappa shape index (κ3) is 3.30. The monoisotopic (exact) mass is 311 g/mol. The molecule has 0 atom stereocenters. The SMILES string of the molecule is COc1ccc(NCc2c(Cl)cccc2Cl)cc1OC. The van der Waals surface area contributed by atoms with Crippen LogP contribution in [0.1, 0.15) is 5.56 Å². The summed E-state index contributed by atoms with van der Waals surface area (Å²) in [7, 11) is 3.21. The van der Waals surface area contributed by atoms with Crippen LogP contribution in [0.25, 0.3) is 0 Å². The number of nitrogens with one attached hydrogen (secondary N) is 1. The summed E-state index contributed by atoms with van der Waals surface area (Å²) in [5, 5.41) is 4.55. The average molecular weight is 312 g/mol. The van der Waals surface area contributed by atoms with Crippen molar-refractivity contribution in [3.05, 3.63) is 52.0 Å². The van der Waals surface area contributed by atoms with Gasteiger partial charge >= 0.3 is 0 Å². The Morgan fingerprint density at radius 1 is 0.950 bits per heavy atom. The van der Waals surface area contributed by atoms with Crippen molar-refractivity contribution in [2.24, 2.45) is 0 Å². The first-order valence-corrected chi connectivity index (χ1v) is 6.80. The minimum absolute atomic E-state index is 0.536. The molecule has 2 aromatic carbocycles. The van der Waals surface area contributed by atoms with Gasteiger partial charge in [0.2, 0.25) is 0 Å². The molecule has 0 aliphatic carbocycles. The van der Waals surface area contributed by atoms with Crippen LogP contribution in [0.15, 0.2) is 36.4 Å². The van der Waals surface area contributed by atoms with E-state index >= 15 is 0 Å². The highest BCUT2D eigenvalue weighted by Crippen LogP contribution is 2.31. The van der Waals surface area contributed by atoms with Gasteiger partial charge in [-0.2, -0.15) is 0 Å². The number of benzene rings is 2. The maximum atomic E-state index is 6.13. The van der Waals surface area contributed by atoms with Gasteiger partial charge in [0.1, 0.15) is 0 Å². The second kappa shape index (κ2) is 6.73. The Labute approximate surface area is 128 Å². The van der Waals surface area contributed by atoms with Crippen molar-refractivity contribution in [3.8, 4) is 11.5 Å². The van der Waals surface area contributed by atoms with E-state index in [1.807, 2.05) is 36.4 Å². The van der Waals surface area contributed by atoms with E-state index in [1.165, 1.54) is 0 Å². The zero-order valence-corrected chi connectivity index (χ0v) is 12.8. The molecule has 3 nitrogen and oxygen atoms in total. The van der Waals surface area contributed by atoms with Gasteiger partial charge in [0.05, 0.1) is 14.2 Å². The van der Waals surface area contributed by atoms with Crippen molar-refractivity contribution in [3.63, 3.8) is 0 Å². The van der Waals surface area contributed by atoms with Crippen molar-refractivity contribution in [2.75, 3.05) is 19.5 Å². The molecule has 106 valence electrons. The number of rotatable bonds is 5. The van der Waals surface area contributed by atoms with Crippen molar-refractivity contribution >= 4 is 28.9 Å². The lowest BCUT2D eigenvalue weighted by molar-refractivity contribution is 0.355. The molecule has 0 saturated carbocycles. The minimum atomic E-state index is 0.536. The molecule has 2 aromatic rings. The highest BCUT2D eigenvalue weighted by molar-refractivity contribution is 6.36. The van der Waals surface area contributed by atoms with Crippen LogP contribution in [0.3, 0.4) is 0 Å². The van der Waals surface area contributed by atoms with Crippen LogP contribution in [0, 0.1) is 0 Å². The van der Waals surface area contributed by atoms with Crippen molar-refractivity contribution < 1.29 is 9.47 Å². The van der Waals surface area contributed by atoms with Crippen LogP contribution in [0.5, 0.6) is 11.5 Å². The number of halogens is 2. The van der Waals surface area contributed by atoms with Gasteiger partial charge in [0, 0.05) is 33.9 Å². The predicted octanol–water partition coefficient (Wildman–Crippen LogP) is 4.62. The van der Waals surface area contributed by atoms with Crippen LogP contribution in [0.2, 0.25) is 10.0 Å². The highest BCUT2D eigenvalue weighted by atomic mass is 35.5. The number of methoxy groups -OCH3 is 2. The van der Waals surface area contributed by atoms with Gasteiger partial charge in [-0.15, -0.1) is 0 Å². The fourth-order valence-corrected chi connectivity index (χ4v) is 2.37. The second-order valence-electron chi connectivity index (χ2n) is 4.12. The Bertz CT molecular complexity index is 582. The van der Waals surface area contributed by atoms with Crippen LogP contribution in [-0.2, 0) is 6.54 Å². The first kappa shape index (κ1) is 14.8. The Morgan fingerprint density at radius 2 is 1.60 bits per heavy atom. The van der Waals surface area contributed by atoms with Crippen LogP contribution < -0.4 is 14.8 Å². The Balaban J connectivity index is 2.15. The molecule has 0 saturated heterocycles. The number of ether oxygens (including phenoxy) is 2. The quantitative estimate of drug-likeness (QED) is 0.873. The molecule has 0 spiro atoms. The smallest absolute Gasteiger partial charge is 0.162 e. The number of anilines is 1. The van der Waals surface area contributed by atoms with Gasteiger partial charge in [-0.1, -0.05) is 29.3 Å². The van der Waals surface area contributed by atoms with Crippen LogP contribution in [-0.4, -0.2) is 14.2 Å². The molecule has 0 fully saturated rings. The third-order valence-electron chi connectivity index (χ3n) is 2.91. The zero-order valence-electron chi connectivity index (χ0n) is 11.2. The standard InChI is InChI=1S/C15H15Cl2NO2/c1-19-14-7-6-10(8-15(14)20-2)18-9-11-12(16)4-3-5-13(11)17/h3-8,18H,9H2,1-2H3. The summed E-state index contributed by atoms with van der Waals surface area (Å²) in [4.78, 5) is 0.